The van der Waals surface area contributed by atoms with Crippen molar-refractivity contribution in [1.82, 2.24) is 24.5 Å². The van der Waals surface area contributed by atoms with Crippen molar-refractivity contribution in [2.24, 2.45) is 0 Å². The van der Waals surface area contributed by atoms with Crippen LogP contribution in [0.4, 0.5) is 5.95 Å². The van der Waals surface area contributed by atoms with Crippen LogP contribution in [0.3, 0.4) is 0 Å². The summed E-state index contributed by atoms with van der Waals surface area (Å²) in [6.07, 6.45) is 0. The number of nitrogens with zero attached hydrogens (tertiary/aromatic N) is 6. The molecule has 2 aromatic heterocycles. The summed E-state index contributed by atoms with van der Waals surface area (Å²) in [5.74, 6) is 1.56. The van der Waals surface area contributed by atoms with E-state index in [0.717, 1.165) is 54.2 Å². The van der Waals surface area contributed by atoms with Crippen LogP contribution >= 0.6 is 23.2 Å². The largest absolute Gasteiger partial charge is 0.339 e. The number of hydrogen-bond acceptors (Lipinski definition) is 5. The van der Waals surface area contributed by atoms with Crippen molar-refractivity contribution < 1.29 is 0 Å². The second-order valence-corrected chi connectivity index (χ2v) is 7.85. The van der Waals surface area contributed by atoms with Gasteiger partial charge < -0.3 is 9.80 Å². The first-order valence-electron chi connectivity index (χ1n) is 9.14. The SMILES string of the molecule is CN1CCN(c2nc3ccccc3c3nnc(-c4ccc(Cl)c(Cl)c4)n23)CC1. The monoisotopic (exact) mass is 412 g/mol. The molecule has 1 aliphatic heterocycles. The fourth-order valence-corrected chi connectivity index (χ4v) is 3.90. The van der Waals surface area contributed by atoms with Crippen LogP contribution in [0.25, 0.3) is 27.9 Å². The molecule has 4 aromatic rings. The fraction of sp³-hybridized carbons (Fsp3) is 0.250. The molecule has 1 aliphatic rings. The van der Waals surface area contributed by atoms with E-state index in [0.29, 0.717) is 15.9 Å². The van der Waals surface area contributed by atoms with Gasteiger partial charge in [0.2, 0.25) is 5.95 Å². The zero-order valence-corrected chi connectivity index (χ0v) is 16.8. The number of likely N-dealkylation sites (N-methyl/N-ethyl adjacent to an activating group) is 1. The van der Waals surface area contributed by atoms with Crippen molar-refractivity contribution in [3.8, 4) is 11.4 Å². The van der Waals surface area contributed by atoms with Gasteiger partial charge in [-0.3, -0.25) is 0 Å². The van der Waals surface area contributed by atoms with E-state index in [4.69, 9.17) is 28.2 Å². The van der Waals surface area contributed by atoms with Gasteiger partial charge >= 0.3 is 0 Å². The second kappa shape index (κ2) is 6.88. The minimum atomic E-state index is 0.491. The molecule has 6 nitrogen and oxygen atoms in total. The number of piperazine rings is 1. The fourth-order valence-electron chi connectivity index (χ4n) is 3.61. The minimum Gasteiger partial charge on any atom is -0.339 e. The Kier molecular flexibility index (Phi) is 4.34. The third-order valence-corrected chi connectivity index (χ3v) is 5.93. The smallest absolute Gasteiger partial charge is 0.213 e. The maximum Gasteiger partial charge on any atom is 0.213 e. The summed E-state index contributed by atoms with van der Waals surface area (Å²) < 4.78 is 2.03. The van der Waals surface area contributed by atoms with E-state index in [1.165, 1.54) is 0 Å². The van der Waals surface area contributed by atoms with E-state index < -0.39 is 0 Å². The second-order valence-electron chi connectivity index (χ2n) is 7.03. The number of halogens is 2. The predicted molar refractivity (Wildman–Crippen MR) is 113 cm³/mol. The van der Waals surface area contributed by atoms with Crippen LogP contribution in [-0.2, 0) is 0 Å². The van der Waals surface area contributed by atoms with Gasteiger partial charge in [0.05, 0.1) is 15.6 Å². The molecule has 0 spiro atoms. The van der Waals surface area contributed by atoms with Crippen LogP contribution < -0.4 is 4.90 Å². The zero-order chi connectivity index (χ0) is 19.3. The van der Waals surface area contributed by atoms with Crippen molar-refractivity contribution in [2.75, 3.05) is 38.1 Å². The third-order valence-electron chi connectivity index (χ3n) is 5.19. The summed E-state index contributed by atoms with van der Waals surface area (Å²) in [7, 11) is 2.14. The molecule has 0 bridgehead atoms. The van der Waals surface area contributed by atoms with Gasteiger partial charge in [-0.2, -0.15) is 0 Å². The highest BCUT2D eigenvalue weighted by atomic mass is 35.5. The lowest BCUT2D eigenvalue weighted by atomic mass is 10.2. The standard InChI is InChI=1S/C20H18Cl2N6/c1-26-8-10-27(11-9-26)20-23-17-5-3-2-4-14(17)19-25-24-18(28(19)20)13-6-7-15(21)16(22)12-13/h2-7,12H,8-11H2,1H3. The summed E-state index contributed by atoms with van der Waals surface area (Å²) >= 11 is 12.4. The number of rotatable bonds is 2. The lowest BCUT2D eigenvalue weighted by molar-refractivity contribution is 0.311. The maximum atomic E-state index is 6.26. The normalized spacial score (nSPS) is 15.6. The average Bonchev–Trinajstić information content (AvgIpc) is 3.16. The average molecular weight is 413 g/mol. The van der Waals surface area contributed by atoms with Gasteiger partial charge in [-0.25, -0.2) is 9.38 Å². The Morgan fingerprint density at radius 2 is 1.68 bits per heavy atom. The van der Waals surface area contributed by atoms with Crippen LogP contribution in [0.1, 0.15) is 0 Å². The molecule has 28 heavy (non-hydrogen) atoms. The zero-order valence-electron chi connectivity index (χ0n) is 15.3. The summed E-state index contributed by atoms with van der Waals surface area (Å²) in [5, 5.41) is 11.0. The highest BCUT2D eigenvalue weighted by Gasteiger charge is 2.23. The van der Waals surface area contributed by atoms with Crippen molar-refractivity contribution in [1.29, 1.82) is 0 Å². The van der Waals surface area contributed by atoms with Crippen molar-refractivity contribution in [3.05, 3.63) is 52.5 Å². The molecule has 142 valence electrons. The van der Waals surface area contributed by atoms with Crippen LogP contribution in [0.2, 0.25) is 10.0 Å². The van der Waals surface area contributed by atoms with E-state index in [9.17, 15) is 0 Å². The van der Waals surface area contributed by atoms with Crippen molar-refractivity contribution >= 4 is 45.7 Å². The topological polar surface area (TPSA) is 49.6 Å². The minimum absolute atomic E-state index is 0.491. The van der Waals surface area contributed by atoms with Gasteiger partial charge in [0.15, 0.2) is 11.5 Å². The van der Waals surface area contributed by atoms with Crippen LogP contribution in [0, 0.1) is 0 Å². The Balaban J connectivity index is 1.78. The maximum absolute atomic E-state index is 6.26. The molecule has 0 aliphatic carbocycles. The molecule has 5 rings (SSSR count). The molecule has 3 heterocycles. The quantitative estimate of drug-likeness (QED) is 0.497. The Bertz CT molecular complexity index is 1180. The predicted octanol–water partition coefficient (Wildman–Crippen LogP) is 4.00. The first kappa shape index (κ1) is 17.7. The van der Waals surface area contributed by atoms with E-state index in [-0.39, 0.29) is 0 Å². The molecule has 0 saturated carbocycles. The number of para-hydroxylation sites is 1. The highest BCUT2D eigenvalue weighted by Crippen LogP contribution is 2.31. The Morgan fingerprint density at radius 1 is 0.893 bits per heavy atom. The van der Waals surface area contributed by atoms with Crippen molar-refractivity contribution in [2.45, 2.75) is 0 Å². The highest BCUT2D eigenvalue weighted by molar-refractivity contribution is 6.42. The molecule has 1 saturated heterocycles. The summed E-state index contributed by atoms with van der Waals surface area (Å²) in [4.78, 5) is 9.60. The number of aromatic nitrogens is 4. The van der Waals surface area contributed by atoms with E-state index in [1.807, 2.05) is 40.8 Å². The van der Waals surface area contributed by atoms with Crippen LogP contribution in [0.5, 0.6) is 0 Å². The van der Waals surface area contributed by atoms with Gasteiger partial charge in [0.1, 0.15) is 0 Å². The number of fused-ring (bicyclic) bond motifs is 3. The summed E-state index contributed by atoms with van der Waals surface area (Å²) in [6, 6.07) is 13.5. The molecule has 2 aromatic carbocycles. The lowest BCUT2D eigenvalue weighted by Crippen LogP contribution is -2.45. The Hall–Kier alpha value is -2.41. The number of hydrogen-bond donors (Lipinski definition) is 0. The lowest BCUT2D eigenvalue weighted by Gasteiger charge is -2.33. The third kappa shape index (κ3) is 2.89. The molecule has 0 radical (unpaired) electrons. The van der Waals surface area contributed by atoms with Gasteiger partial charge in [0.25, 0.3) is 0 Å². The first-order chi connectivity index (χ1) is 13.6. The number of benzene rings is 2. The van der Waals surface area contributed by atoms with E-state index >= 15 is 0 Å². The van der Waals surface area contributed by atoms with Gasteiger partial charge in [-0.05, 0) is 37.4 Å². The molecule has 1 fully saturated rings. The molecule has 8 heteroatoms. The van der Waals surface area contributed by atoms with Crippen molar-refractivity contribution in [3.63, 3.8) is 0 Å². The van der Waals surface area contributed by atoms with E-state index in [1.54, 1.807) is 6.07 Å². The van der Waals surface area contributed by atoms with Gasteiger partial charge in [-0.15, -0.1) is 10.2 Å². The van der Waals surface area contributed by atoms with Gasteiger partial charge in [0, 0.05) is 37.1 Å². The molecule has 0 unspecified atom stereocenters. The molecular formula is C20H18Cl2N6. The van der Waals surface area contributed by atoms with Crippen LogP contribution in [0.15, 0.2) is 42.5 Å². The molecule has 0 amide bonds. The van der Waals surface area contributed by atoms with Gasteiger partial charge in [-0.1, -0.05) is 35.3 Å². The summed E-state index contributed by atoms with van der Waals surface area (Å²) in [6.45, 7) is 3.77. The molecule has 0 atom stereocenters. The van der Waals surface area contributed by atoms with E-state index in [2.05, 4.69) is 27.0 Å². The Labute approximate surface area is 172 Å². The number of anilines is 1. The first-order valence-corrected chi connectivity index (χ1v) is 9.90. The van der Waals surface area contributed by atoms with Crippen LogP contribution in [-0.4, -0.2) is 57.7 Å². The summed E-state index contributed by atoms with van der Waals surface area (Å²) in [5.41, 5.74) is 2.56. The Morgan fingerprint density at radius 3 is 2.46 bits per heavy atom. The molecule has 0 N–H and O–H groups in total. The molecular weight excluding hydrogens is 395 g/mol.